The van der Waals surface area contributed by atoms with Gasteiger partial charge in [0, 0.05) is 0 Å². The van der Waals surface area contributed by atoms with Crippen molar-refractivity contribution in [3.05, 3.63) is 0 Å². The summed E-state index contributed by atoms with van der Waals surface area (Å²) in [6.45, 7) is 12.9. The molecule has 0 aromatic rings. The third kappa shape index (κ3) is 6.58. The minimum absolute atomic E-state index is 1.02. The lowest BCUT2D eigenvalue weighted by Gasteiger charge is -2.47. The van der Waals surface area contributed by atoms with Gasteiger partial charge in [-0.15, -0.1) is 0 Å². The molecule has 3 heteroatoms. The van der Waals surface area contributed by atoms with E-state index < -0.39 is 16.5 Å². The summed E-state index contributed by atoms with van der Waals surface area (Å²) in [5.41, 5.74) is 1.02. The summed E-state index contributed by atoms with van der Waals surface area (Å²) < 4.78 is 2.90. The lowest BCUT2D eigenvalue weighted by Crippen LogP contribution is -2.60. The van der Waals surface area contributed by atoms with E-state index in [1.807, 2.05) is 0 Å². The van der Waals surface area contributed by atoms with E-state index in [2.05, 4.69) is 44.0 Å². The lowest BCUT2D eigenvalue weighted by atomic mass is 10.0. The Labute approximate surface area is 137 Å². The highest BCUT2D eigenvalue weighted by Gasteiger charge is 2.40. The second kappa shape index (κ2) is 8.88. The molecular formula is C18H41NSi2. The molecule has 0 heterocycles. The molecule has 0 spiro atoms. The van der Waals surface area contributed by atoms with Crippen LogP contribution in [-0.4, -0.2) is 27.7 Å². The average molecular weight is 328 g/mol. The fourth-order valence-corrected chi connectivity index (χ4v) is 13.8. The molecule has 1 saturated carbocycles. The summed E-state index contributed by atoms with van der Waals surface area (Å²) in [6.07, 6.45) is 16.4. The summed E-state index contributed by atoms with van der Waals surface area (Å²) >= 11 is 0. The van der Waals surface area contributed by atoms with Crippen LogP contribution in [0.1, 0.15) is 70.6 Å². The molecule has 0 aromatic heterocycles. The molecule has 1 fully saturated rings. The van der Waals surface area contributed by atoms with Gasteiger partial charge in [0.25, 0.3) is 0 Å². The summed E-state index contributed by atoms with van der Waals surface area (Å²) in [5, 5.41) is 0. The molecule has 126 valence electrons. The highest BCUT2D eigenvalue weighted by atomic mass is 28.4. The van der Waals surface area contributed by atoms with Gasteiger partial charge in [0.15, 0.2) is 0 Å². The van der Waals surface area contributed by atoms with Gasteiger partial charge in [0.1, 0.15) is 16.5 Å². The average Bonchev–Trinajstić information content (AvgIpc) is 2.37. The summed E-state index contributed by atoms with van der Waals surface area (Å²) in [5.74, 6) is 0. The van der Waals surface area contributed by atoms with Gasteiger partial charge in [-0.25, -0.2) is 0 Å². The van der Waals surface area contributed by atoms with Crippen molar-refractivity contribution in [2.24, 2.45) is 0 Å². The van der Waals surface area contributed by atoms with Crippen LogP contribution in [0.15, 0.2) is 0 Å². The van der Waals surface area contributed by atoms with Crippen molar-refractivity contribution in [1.29, 1.82) is 0 Å². The second-order valence-electron chi connectivity index (χ2n) is 8.84. The van der Waals surface area contributed by atoms with Crippen molar-refractivity contribution in [2.75, 3.05) is 7.05 Å². The maximum atomic E-state index is 2.90. The largest absolute Gasteiger partial charge is 0.348 e. The summed E-state index contributed by atoms with van der Waals surface area (Å²) in [6, 6.07) is 0. The van der Waals surface area contributed by atoms with Crippen molar-refractivity contribution in [3.8, 4) is 0 Å². The smallest absolute Gasteiger partial charge is 0.118 e. The first-order valence-corrected chi connectivity index (χ1v) is 16.0. The maximum Gasteiger partial charge on any atom is 0.118 e. The van der Waals surface area contributed by atoms with Gasteiger partial charge in [0.05, 0.1) is 0 Å². The molecule has 0 N–H and O–H groups in total. The lowest BCUT2D eigenvalue weighted by molar-refractivity contribution is 0.488. The van der Waals surface area contributed by atoms with Crippen LogP contribution in [0.5, 0.6) is 0 Å². The summed E-state index contributed by atoms with van der Waals surface area (Å²) in [7, 11) is 0.0298. The molecule has 0 radical (unpaired) electrons. The van der Waals surface area contributed by atoms with Crippen LogP contribution in [-0.2, 0) is 0 Å². The van der Waals surface area contributed by atoms with E-state index in [0.717, 1.165) is 5.54 Å². The molecule has 1 nitrogen and oxygen atoms in total. The van der Waals surface area contributed by atoms with Crippen LogP contribution in [0.2, 0.25) is 38.3 Å². The quantitative estimate of drug-likeness (QED) is 0.526. The van der Waals surface area contributed by atoms with E-state index in [1.165, 1.54) is 70.6 Å². The van der Waals surface area contributed by atoms with E-state index >= 15 is 0 Å². The fraction of sp³-hybridized carbons (Fsp3) is 1.00. The third-order valence-electron chi connectivity index (χ3n) is 5.97. The Hall–Kier alpha value is 0.394. The normalized spacial score (nSPS) is 21.9. The zero-order valence-corrected chi connectivity index (χ0v) is 17.8. The fourth-order valence-electron chi connectivity index (χ4n) is 4.01. The van der Waals surface area contributed by atoms with Gasteiger partial charge in [0.2, 0.25) is 0 Å². The highest BCUT2D eigenvalue weighted by molar-refractivity contribution is 6.90. The van der Waals surface area contributed by atoms with Gasteiger partial charge in [-0.1, -0.05) is 103 Å². The molecule has 0 aliphatic heterocycles. The highest BCUT2D eigenvalue weighted by Crippen LogP contribution is 2.37. The molecule has 0 unspecified atom stereocenters. The molecule has 0 aromatic carbocycles. The summed E-state index contributed by atoms with van der Waals surface area (Å²) in [4.78, 5) is 0. The molecule has 0 bridgehead atoms. The van der Waals surface area contributed by atoms with Crippen molar-refractivity contribution in [3.63, 3.8) is 0 Å². The maximum absolute atomic E-state index is 2.90. The Balaban J connectivity index is 2.68. The van der Waals surface area contributed by atoms with Crippen molar-refractivity contribution in [1.82, 2.24) is 4.23 Å². The number of hydrogen-bond donors (Lipinski definition) is 0. The molecular weight excluding hydrogens is 286 g/mol. The minimum Gasteiger partial charge on any atom is -0.348 e. The van der Waals surface area contributed by atoms with Crippen molar-refractivity contribution < 1.29 is 0 Å². The Bertz CT molecular complexity index is 271. The minimum atomic E-state index is -1.27. The predicted octanol–water partition coefficient (Wildman–Crippen LogP) is 6.63. The molecule has 1 aliphatic rings. The van der Waals surface area contributed by atoms with Crippen LogP contribution >= 0.6 is 0 Å². The van der Waals surface area contributed by atoms with E-state index in [0.29, 0.717) is 0 Å². The van der Waals surface area contributed by atoms with E-state index in [1.54, 1.807) is 0 Å². The van der Waals surface area contributed by atoms with Crippen LogP contribution < -0.4 is 0 Å². The molecule has 21 heavy (non-hydrogen) atoms. The monoisotopic (exact) mass is 327 g/mol. The Kier molecular flexibility index (Phi) is 8.22. The first kappa shape index (κ1) is 19.4. The number of hydrogen-bond acceptors (Lipinski definition) is 1. The topological polar surface area (TPSA) is 3.24 Å². The molecule has 0 saturated heterocycles. The van der Waals surface area contributed by atoms with Gasteiger partial charge < -0.3 is 4.23 Å². The first-order chi connectivity index (χ1) is 9.76. The van der Waals surface area contributed by atoms with Gasteiger partial charge in [-0.2, -0.15) is 0 Å². The number of rotatable bonds is 3. The van der Waals surface area contributed by atoms with Crippen LogP contribution in [0.3, 0.4) is 0 Å². The van der Waals surface area contributed by atoms with E-state index in [9.17, 15) is 0 Å². The molecule has 0 amide bonds. The molecule has 1 rings (SSSR count). The van der Waals surface area contributed by atoms with Crippen LogP contribution in [0.25, 0.3) is 0 Å². The SMILES string of the molecule is CN([Si](C)(C)C)[Si](C)(C)C1CCCCCCCCCCC1. The number of nitrogens with zero attached hydrogens (tertiary/aromatic N) is 1. The molecule has 1 aliphatic carbocycles. The zero-order valence-electron chi connectivity index (χ0n) is 15.8. The molecule has 0 atom stereocenters. The predicted molar refractivity (Wildman–Crippen MR) is 103 cm³/mol. The Morgan fingerprint density at radius 1 is 0.619 bits per heavy atom. The Morgan fingerprint density at radius 3 is 1.29 bits per heavy atom. The van der Waals surface area contributed by atoms with Crippen LogP contribution in [0, 0.1) is 0 Å². The standard InChI is InChI=1S/C18H41NSi2/c1-19(20(2,3)4)21(5,6)18-16-14-12-10-8-7-9-11-13-15-17-18/h18H,7-17H2,1-6H3. The van der Waals surface area contributed by atoms with Crippen molar-refractivity contribution >= 4 is 16.5 Å². The van der Waals surface area contributed by atoms with Gasteiger partial charge >= 0.3 is 0 Å². The second-order valence-corrected chi connectivity index (χ2v) is 19.1. The van der Waals surface area contributed by atoms with Crippen molar-refractivity contribution in [2.45, 2.75) is 109 Å². The van der Waals surface area contributed by atoms with Gasteiger partial charge in [-0.3, -0.25) is 0 Å². The van der Waals surface area contributed by atoms with E-state index in [-0.39, 0.29) is 0 Å². The Morgan fingerprint density at radius 2 is 0.952 bits per heavy atom. The van der Waals surface area contributed by atoms with Gasteiger partial charge in [-0.05, 0) is 12.6 Å². The third-order valence-corrected chi connectivity index (χ3v) is 16.0. The first-order valence-electron chi connectivity index (χ1n) is 9.50. The van der Waals surface area contributed by atoms with Crippen LogP contribution in [0.4, 0.5) is 0 Å². The van der Waals surface area contributed by atoms with E-state index in [4.69, 9.17) is 0 Å². The zero-order chi connectivity index (χ0) is 15.9.